The number of thiophene rings is 1. The highest BCUT2D eigenvalue weighted by molar-refractivity contribution is 7.17. The SMILES string of the molecule is CCOC(=O)c1c(NC(=O)N/N=C\c2ccc(C)cc2)sc2c1CCCC2. The number of nitrogens with zero attached hydrogens (tertiary/aromatic N) is 1. The second-order valence-corrected chi connectivity index (χ2v) is 7.48. The van der Waals surface area contributed by atoms with E-state index >= 15 is 0 Å². The number of hydrazone groups is 1. The Morgan fingerprint density at radius 1 is 1.22 bits per heavy atom. The molecule has 0 radical (unpaired) electrons. The Labute approximate surface area is 162 Å². The van der Waals surface area contributed by atoms with Crippen molar-refractivity contribution < 1.29 is 14.3 Å². The molecule has 0 bridgehead atoms. The van der Waals surface area contributed by atoms with E-state index in [0.717, 1.165) is 47.3 Å². The number of amides is 2. The monoisotopic (exact) mass is 385 g/mol. The van der Waals surface area contributed by atoms with Gasteiger partial charge < -0.3 is 4.74 Å². The van der Waals surface area contributed by atoms with Crippen molar-refractivity contribution in [2.75, 3.05) is 11.9 Å². The van der Waals surface area contributed by atoms with E-state index in [1.54, 1.807) is 13.1 Å². The number of benzene rings is 1. The van der Waals surface area contributed by atoms with E-state index < -0.39 is 6.03 Å². The maximum Gasteiger partial charge on any atom is 0.341 e. The van der Waals surface area contributed by atoms with Crippen LogP contribution in [0.5, 0.6) is 0 Å². The van der Waals surface area contributed by atoms with E-state index in [1.807, 2.05) is 31.2 Å². The lowest BCUT2D eigenvalue weighted by Crippen LogP contribution is -2.25. The van der Waals surface area contributed by atoms with Crippen molar-refractivity contribution in [1.29, 1.82) is 0 Å². The van der Waals surface area contributed by atoms with E-state index in [-0.39, 0.29) is 5.97 Å². The van der Waals surface area contributed by atoms with Crippen molar-refractivity contribution in [3.8, 4) is 0 Å². The number of carbonyl (C=O) groups is 2. The molecule has 1 aliphatic rings. The summed E-state index contributed by atoms with van der Waals surface area (Å²) in [7, 11) is 0. The number of hydrogen-bond acceptors (Lipinski definition) is 5. The number of carbonyl (C=O) groups excluding carboxylic acids is 2. The third-order valence-corrected chi connectivity index (χ3v) is 5.54. The second kappa shape index (κ2) is 8.81. The van der Waals surface area contributed by atoms with Crippen LogP contribution in [-0.2, 0) is 17.6 Å². The number of urea groups is 1. The third-order valence-electron chi connectivity index (χ3n) is 4.33. The first-order valence-corrected chi connectivity index (χ1v) is 9.88. The van der Waals surface area contributed by atoms with Crippen LogP contribution in [0.4, 0.5) is 9.80 Å². The highest BCUT2D eigenvalue weighted by Crippen LogP contribution is 2.38. The number of ether oxygens (including phenoxy) is 1. The number of rotatable bonds is 5. The summed E-state index contributed by atoms with van der Waals surface area (Å²) < 4.78 is 5.19. The molecule has 2 aromatic rings. The van der Waals surface area contributed by atoms with Crippen LogP contribution in [0.25, 0.3) is 0 Å². The Kier molecular flexibility index (Phi) is 6.24. The third kappa shape index (κ3) is 4.74. The molecule has 27 heavy (non-hydrogen) atoms. The number of fused-ring (bicyclic) bond motifs is 1. The lowest BCUT2D eigenvalue weighted by atomic mass is 9.95. The lowest BCUT2D eigenvalue weighted by molar-refractivity contribution is 0.0526. The zero-order chi connectivity index (χ0) is 19.2. The van der Waals surface area contributed by atoms with Gasteiger partial charge in [0.2, 0.25) is 0 Å². The molecule has 0 atom stereocenters. The van der Waals surface area contributed by atoms with Gasteiger partial charge >= 0.3 is 12.0 Å². The van der Waals surface area contributed by atoms with E-state index in [0.29, 0.717) is 17.2 Å². The smallest absolute Gasteiger partial charge is 0.341 e. The molecule has 6 nitrogen and oxygen atoms in total. The molecule has 142 valence electrons. The summed E-state index contributed by atoms with van der Waals surface area (Å²) >= 11 is 1.45. The van der Waals surface area contributed by atoms with Gasteiger partial charge in [-0.2, -0.15) is 5.10 Å². The minimum Gasteiger partial charge on any atom is -0.462 e. The van der Waals surface area contributed by atoms with Crippen LogP contribution in [0, 0.1) is 6.92 Å². The fourth-order valence-electron chi connectivity index (χ4n) is 3.02. The summed E-state index contributed by atoms with van der Waals surface area (Å²) in [5, 5.41) is 7.25. The number of esters is 1. The average Bonchev–Trinajstić information content (AvgIpc) is 3.01. The fraction of sp³-hybridized carbons (Fsp3) is 0.350. The molecule has 2 N–H and O–H groups in total. The number of hydrogen-bond donors (Lipinski definition) is 2. The normalized spacial score (nSPS) is 13.3. The molecule has 1 aromatic carbocycles. The van der Waals surface area contributed by atoms with Gasteiger partial charge in [0, 0.05) is 4.88 Å². The zero-order valence-electron chi connectivity index (χ0n) is 15.5. The Morgan fingerprint density at radius 2 is 1.96 bits per heavy atom. The molecule has 2 amide bonds. The maximum absolute atomic E-state index is 12.4. The van der Waals surface area contributed by atoms with Crippen molar-refractivity contribution in [2.45, 2.75) is 39.5 Å². The van der Waals surface area contributed by atoms with Crippen molar-refractivity contribution >= 4 is 34.6 Å². The van der Waals surface area contributed by atoms with Crippen LogP contribution in [-0.4, -0.2) is 24.8 Å². The van der Waals surface area contributed by atoms with Crippen LogP contribution < -0.4 is 10.7 Å². The Bertz CT molecular complexity index is 856. The molecule has 0 saturated carbocycles. The minimum atomic E-state index is -0.484. The van der Waals surface area contributed by atoms with E-state index in [2.05, 4.69) is 15.8 Å². The minimum absolute atomic E-state index is 0.302. The van der Waals surface area contributed by atoms with Crippen LogP contribution >= 0.6 is 11.3 Å². The quantitative estimate of drug-likeness (QED) is 0.458. The molecule has 0 spiro atoms. The molecule has 0 aliphatic heterocycles. The summed E-state index contributed by atoms with van der Waals surface area (Å²) in [5.41, 5.74) is 6.01. The van der Waals surface area contributed by atoms with Crippen molar-refractivity contribution in [1.82, 2.24) is 5.43 Å². The van der Waals surface area contributed by atoms with E-state index in [1.165, 1.54) is 11.3 Å². The molecule has 7 heteroatoms. The lowest BCUT2D eigenvalue weighted by Gasteiger charge is -2.12. The van der Waals surface area contributed by atoms with Gasteiger partial charge in [-0.25, -0.2) is 15.0 Å². The Morgan fingerprint density at radius 3 is 2.70 bits per heavy atom. The summed E-state index contributed by atoms with van der Waals surface area (Å²) in [5.74, 6) is -0.379. The first kappa shape index (κ1) is 19.1. The molecule has 1 aromatic heterocycles. The van der Waals surface area contributed by atoms with Gasteiger partial charge in [-0.05, 0) is 50.7 Å². The predicted molar refractivity (Wildman–Crippen MR) is 108 cm³/mol. The number of nitrogens with one attached hydrogen (secondary N) is 2. The van der Waals surface area contributed by atoms with Gasteiger partial charge in [-0.1, -0.05) is 29.8 Å². The molecule has 1 aliphatic carbocycles. The second-order valence-electron chi connectivity index (χ2n) is 6.37. The van der Waals surface area contributed by atoms with Crippen LogP contribution in [0.1, 0.15) is 51.7 Å². The summed E-state index contributed by atoms with van der Waals surface area (Å²) in [6.45, 7) is 4.08. The Balaban J connectivity index is 1.70. The zero-order valence-corrected chi connectivity index (χ0v) is 16.3. The molecule has 0 saturated heterocycles. The molecule has 0 fully saturated rings. The maximum atomic E-state index is 12.4. The average molecular weight is 385 g/mol. The van der Waals surface area contributed by atoms with Crippen molar-refractivity contribution in [2.24, 2.45) is 5.10 Å². The largest absolute Gasteiger partial charge is 0.462 e. The standard InChI is InChI=1S/C20H23N3O3S/c1-3-26-19(24)17-15-6-4-5-7-16(15)27-18(17)22-20(25)23-21-12-14-10-8-13(2)9-11-14/h8-12H,3-7H2,1-2H3,(H2,22,23,25)/b21-12-. The first-order valence-electron chi connectivity index (χ1n) is 9.07. The van der Waals surface area contributed by atoms with Gasteiger partial charge in [0.05, 0.1) is 18.4 Å². The summed E-state index contributed by atoms with van der Waals surface area (Å²) in [4.78, 5) is 25.8. The van der Waals surface area contributed by atoms with Crippen molar-refractivity contribution in [3.05, 3.63) is 51.4 Å². The summed E-state index contributed by atoms with van der Waals surface area (Å²) in [6, 6.07) is 7.31. The van der Waals surface area contributed by atoms with Crippen LogP contribution in [0.3, 0.4) is 0 Å². The first-order chi connectivity index (χ1) is 13.1. The van der Waals surface area contributed by atoms with Crippen molar-refractivity contribution in [3.63, 3.8) is 0 Å². The van der Waals surface area contributed by atoms with Crippen LogP contribution in [0.2, 0.25) is 0 Å². The van der Waals surface area contributed by atoms with Gasteiger partial charge in [-0.15, -0.1) is 11.3 Å². The topological polar surface area (TPSA) is 79.8 Å². The van der Waals surface area contributed by atoms with E-state index in [9.17, 15) is 9.59 Å². The van der Waals surface area contributed by atoms with Gasteiger partial charge in [-0.3, -0.25) is 5.32 Å². The highest BCUT2D eigenvalue weighted by atomic mass is 32.1. The van der Waals surface area contributed by atoms with Gasteiger partial charge in [0.25, 0.3) is 0 Å². The molecule has 0 unspecified atom stereocenters. The Hall–Kier alpha value is -2.67. The number of aryl methyl sites for hydroxylation is 2. The molecule has 3 rings (SSSR count). The fourth-order valence-corrected chi connectivity index (χ4v) is 4.29. The molecular formula is C20H23N3O3S. The summed E-state index contributed by atoms with van der Waals surface area (Å²) in [6.07, 6.45) is 5.49. The van der Waals surface area contributed by atoms with Gasteiger partial charge in [0.15, 0.2) is 0 Å². The molecule has 1 heterocycles. The predicted octanol–water partition coefficient (Wildman–Crippen LogP) is 4.27. The highest BCUT2D eigenvalue weighted by Gasteiger charge is 2.27. The number of anilines is 1. The van der Waals surface area contributed by atoms with Crippen LogP contribution in [0.15, 0.2) is 29.4 Å². The van der Waals surface area contributed by atoms with E-state index in [4.69, 9.17) is 4.74 Å². The molecular weight excluding hydrogens is 362 g/mol. The van der Waals surface area contributed by atoms with Gasteiger partial charge in [0.1, 0.15) is 5.00 Å².